The molecule has 3 rings (SSSR count). The minimum atomic E-state index is -0.970. The number of fused-ring (bicyclic) bond motifs is 1. The van der Waals surface area contributed by atoms with Crippen LogP contribution >= 0.6 is 0 Å². The number of ether oxygens (including phenoxy) is 1. The molecule has 0 saturated heterocycles. The van der Waals surface area contributed by atoms with Crippen LogP contribution in [-0.2, 0) is 16.6 Å². The van der Waals surface area contributed by atoms with Crippen LogP contribution < -0.4 is 0 Å². The van der Waals surface area contributed by atoms with Gasteiger partial charge in [0.15, 0.2) is 0 Å². The molecule has 1 heterocycles. The lowest BCUT2D eigenvalue weighted by molar-refractivity contribution is -0.138. The SMILES string of the molecule is CN(C)C(=O)[C@@H](OC(=O)c1cn(C)c2ccccc12)c1ccccc1. The molecule has 25 heavy (non-hydrogen) atoms. The van der Waals surface area contributed by atoms with E-state index >= 15 is 0 Å². The summed E-state index contributed by atoms with van der Waals surface area (Å²) in [5, 5.41) is 0.805. The normalized spacial score (nSPS) is 12.0. The van der Waals surface area contributed by atoms with Gasteiger partial charge in [-0.3, -0.25) is 4.79 Å². The third-order valence-corrected chi connectivity index (χ3v) is 4.11. The summed E-state index contributed by atoms with van der Waals surface area (Å²) in [6.07, 6.45) is 0.762. The number of aryl methyl sites for hydroxylation is 1. The van der Waals surface area contributed by atoms with Gasteiger partial charge in [0.2, 0.25) is 6.10 Å². The molecule has 5 nitrogen and oxygen atoms in total. The van der Waals surface area contributed by atoms with Crippen molar-refractivity contribution in [2.75, 3.05) is 14.1 Å². The Morgan fingerprint density at radius 1 is 1.00 bits per heavy atom. The second-order valence-corrected chi connectivity index (χ2v) is 6.10. The molecule has 128 valence electrons. The summed E-state index contributed by atoms with van der Waals surface area (Å²) in [6, 6.07) is 16.6. The number of hydrogen-bond acceptors (Lipinski definition) is 3. The number of aromatic nitrogens is 1. The summed E-state index contributed by atoms with van der Waals surface area (Å²) in [5.41, 5.74) is 2.03. The number of esters is 1. The monoisotopic (exact) mass is 336 g/mol. The summed E-state index contributed by atoms with van der Waals surface area (Å²) in [4.78, 5) is 26.7. The van der Waals surface area contributed by atoms with E-state index in [-0.39, 0.29) is 5.91 Å². The molecule has 0 aliphatic heterocycles. The lowest BCUT2D eigenvalue weighted by atomic mass is 10.1. The van der Waals surface area contributed by atoms with E-state index in [0.29, 0.717) is 11.1 Å². The number of carbonyl (C=O) groups is 2. The van der Waals surface area contributed by atoms with Gasteiger partial charge in [0, 0.05) is 43.8 Å². The topological polar surface area (TPSA) is 51.5 Å². The molecular formula is C20H20N2O3. The first-order valence-corrected chi connectivity index (χ1v) is 8.00. The Labute approximate surface area is 146 Å². The van der Waals surface area contributed by atoms with Crippen LogP contribution in [-0.4, -0.2) is 35.4 Å². The number of nitrogens with zero attached hydrogens (tertiary/aromatic N) is 2. The molecule has 1 atom stereocenters. The molecule has 0 aliphatic carbocycles. The average molecular weight is 336 g/mol. The third-order valence-electron chi connectivity index (χ3n) is 4.11. The zero-order valence-corrected chi connectivity index (χ0v) is 14.5. The first-order valence-electron chi connectivity index (χ1n) is 8.00. The number of amides is 1. The van der Waals surface area contributed by atoms with Crippen molar-refractivity contribution >= 4 is 22.8 Å². The van der Waals surface area contributed by atoms with E-state index in [2.05, 4.69) is 0 Å². The molecule has 0 bridgehead atoms. The molecule has 0 spiro atoms. The van der Waals surface area contributed by atoms with E-state index in [4.69, 9.17) is 4.74 Å². The van der Waals surface area contributed by atoms with Crippen molar-refractivity contribution in [2.24, 2.45) is 7.05 Å². The lowest BCUT2D eigenvalue weighted by Gasteiger charge is -2.21. The van der Waals surface area contributed by atoms with Crippen LogP contribution in [0.1, 0.15) is 22.0 Å². The van der Waals surface area contributed by atoms with Gasteiger partial charge >= 0.3 is 5.97 Å². The van der Waals surface area contributed by atoms with Crippen molar-refractivity contribution in [2.45, 2.75) is 6.10 Å². The van der Waals surface area contributed by atoms with Gasteiger partial charge in [-0.25, -0.2) is 4.79 Å². The molecule has 1 amide bonds. The van der Waals surface area contributed by atoms with Gasteiger partial charge < -0.3 is 14.2 Å². The molecule has 2 aromatic carbocycles. The van der Waals surface area contributed by atoms with E-state index in [1.807, 2.05) is 54.1 Å². The summed E-state index contributed by atoms with van der Waals surface area (Å²) in [7, 11) is 5.16. The summed E-state index contributed by atoms with van der Waals surface area (Å²) in [5.74, 6) is -0.791. The quantitative estimate of drug-likeness (QED) is 0.688. The van der Waals surface area contributed by atoms with Crippen LogP contribution in [0.4, 0.5) is 0 Å². The van der Waals surface area contributed by atoms with Crippen LogP contribution in [0.15, 0.2) is 60.8 Å². The second-order valence-electron chi connectivity index (χ2n) is 6.10. The maximum absolute atomic E-state index is 12.8. The molecular weight excluding hydrogens is 316 g/mol. The Morgan fingerprint density at radius 2 is 1.64 bits per heavy atom. The summed E-state index contributed by atoms with van der Waals surface area (Å²) in [6.45, 7) is 0. The van der Waals surface area contributed by atoms with Gasteiger partial charge in [-0.1, -0.05) is 48.5 Å². The summed E-state index contributed by atoms with van der Waals surface area (Å²) < 4.78 is 7.50. The third kappa shape index (κ3) is 3.26. The molecule has 1 aromatic heterocycles. The largest absolute Gasteiger partial charge is 0.444 e. The van der Waals surface area contributed by atoms with Gasteiger partial charge in [-0.05, 0) is 6.07 Å². The van der Waals surface area contributed by atoms with E-state index in [1.165, 1.54) is 4.90 Å². The van der Waals surface area contributed by atoms with Crippen LogP contribution in [0.2, 0.25) is 0 Å². The standard InChI is InChI=1S/C20H20N2O3/c1-21(2)19(23)18(14-9-5-4-6-10-14)25-20(24)16-13-22(3)17-12-8-7-11-15(16)17/h4-13,18H,1-3H3/t18-/m0/s1. The number of para-hydroxylation sites is 1. The fraction of sp³-hybridized carbons (Fsp3) is 0.200. The Bertz CT molecular complexity index is 913. The number of carbonyl (C=O) groups excluding carboxylic acids is 2. The predicted octanol–water partition coefficient (Wildman–Crippen LogP) is 3.16. The van der Waals surface area contributed by atoms with Crippen LogP contribution in [0, 0.1) is 0 Å². The van der Waals surface area contributed by atoms with Crippen molar-refractivity contribution in [3.8, 4) is 0 Å². The van der Waals surface area contributed by atoms with Gasteiger partial charge in [-0.2, -0.15) is 0 Å². The van der Waals surface area contributed by atoms with E-state index < -0.39 is 12.1 Å². The van der Waals surface area contributed by atoms with E-state index in [1.54, 1.807) is 32.4 Å². The van der Waals surface area contributed by atoms with Crippen molar-refractivity contribution in [1.82, 2.24) is 9.47 Å². The van der Waals surface area contributed by atoms with E-state index in [9.17, 15) is 9.59 Å². The number of benzene rings is 2. The predicted molar refractivity (Wildman–Crippen MR) is 96.2 cm³/mol. The number of likely N-dealkylation sites (N-methyl/N-ethyl adjacent to an activating group) is 1. The first-order chi connectivity index (χ1) is 12.0. The molecule has 5 heteroatoms. The minimum absolute atomic E-state index is 0.278. The molecule has 0 saturated carbocycles. The highest BCUT2D eigenvalue weighted by Crippen LogP contribution is 2.25. The maximum atomic E-state index is 12.8. The van der Waals surface area contributed by atoms with E-state index in [0.717, 1.165) is 10.9 Å². The summed E-state index contributed by atoms with van der Waals surface area (Å²) >= 11 is 0. The van der Waals surface area contributed by atoms with Gasteiger partial charge in [0.25, 0.3) is 5.91 Å². The van der Waals surface area contributed by atoms with Gasteiger partial charge in [-0.15, -0.1) is 0 Å². The fourth-order valence-corrected chi connectivity index (χ4v) is 2.80. The van der Waals surface area contributed by atoms with Crippen LogP contribution in [0.25, 0.3) is 10.9 Å². The van der Waals surface area contributed by atoms with Crippen molar-refractivity contribution in [3.63, 3.8) is 0 Å². The molecule has 0 radical (unpaired) electrons. The van der Waals surface area contributed by atoms with Crippen LogP contribution in [0.3, 0.4) is 0 Å². The maximum Gasteiger partial charge on any atom is 0.341 e. The Hall–Kier alpha value is -3.08. The van der Waals surface area contributed by atoms with Crippen molar-refractivity contribution in [3.05, 3.63) is 71.9 Å². The van der Waals surface area contributed by atoms with Gasteiger partial charge in [0.05, 0.1) is 5.56 Å². The second kappa shape index (κ2) is 6.81. The first kappa shape index (κ1) is 16.8. The van der Waals surface area contributed by atoms with Crippen LogP contribution in [0.5, 0.6) is 0 Å². The number of rotatable bonds is 4. The highest BCUT2D eigenvalue weighted by Gasteiger charge is 2.28. The Balaban J connectivity index is 1.96. The smallest absolute Gasteiger partial charge is 0.341 e. The highest BCUT2D eigenvalue weighted by molar-refractivity contribution is 6.05. The van der Waals surface area contributed by atoms with Gasteiger partial charge in [0.1, 0.15) is 0 Å². The zero-order chi connectivity index (χ0) is 18.0. The molecule has 0 aliphatic rings. The molecule has 0 fully saturated rings. The zero-order valence-electron chi connectivity index (χ0n) is 14.5. The van der Waals surface area contributed by atoms with Crippen molar-refractivity contribution < 1.29 is 14.3 Å². The highest BCUT2D eigenvalue weighted by atomic mass is 16.5. The Morgan fingerprint density at radius 3 is 2.32 bits per heavy atom. The Kier molecular flexibility index (Phi) is 4.57. The fourth-order valence-electron chi connectivity index (χ4n) is 2.80. The average Bonchev–Trinajstić information content (AvgIpc) is 2.97. The lowest BCUT2D eigenvalue weighted by Crippen LogP contribution is -2.31. The molecule has 0 unspecified atom stereocenters. The van der Waals surface area contributed by atoms with Crippen molar-refractivity contribution in [1.29, 1.82) is 0 Å². The minimum Gasteiger partial charge on any atom is -0.444 e. The number of hydrogen-bond donors (Lipinski definition) is 0. The molecule has 3 aromatic rings. The molecule has 0 N–H and O–H groups in total.